The molecule has 0 aliphatic heterocycles. The van der Waals surface area contributed by atoms with Crippen molar-refractivity contribution < 1.29 is 9.53 Å². The number of aromatic nitrogens is 1. The molecule has 0 spiro atoms. The third kappa shape index (κ3) is 2.32. The van der Waals surface area contributed by atoms with Gasteiger partial charge in [0.05, 0.1) is 12.3 Å². The lowest BCUT2D eigenvalue weighted by Gasteiger charge is -2.24. The van der Waals surface area contributed by atoms with Crippen molar-refractivity contribution in [2.75, 3.05) is 11.9 Å². The number of hydrogen-bond donors (Lipinski definition) is 2. The van der Waals surface area contributed by atoms with Gasteiger partial charge in [0, 0.05) is 17.1 Å². The van der Waals surface area contributed by atoms with Crippen LogP contribution in [0.4, 0.5) is 5.69 Å². The monoisotopic (exact) mass is 246 g/mol. The van der Waals surface area contributed by atoms with Gasteiger partial charge in [-0.1, -0.05) is 18.2 Å². The Bertz CT molecular complexity index is 558. The van der Waals surface area contributed by atoms with E-state index in [-0.39, 0.29) is 5.97 Å². The van der Waals surface area contributed by atoms with Gasteiger partial charge in [-0.3, -0.25) is 0 Å². The molecule has 1 aromatic carbocycles. The summed E-state index contributed by atoms with van der Waals surface area (Å²) in [5.41, 5.74) is 1.20. The third-order valence-corrected chi connectivity index (χ3v) is 2.82. The summed E-state index contributed by atoms with van der Waals surface area (Å²) in [4.78, 5) is 15.0. The standard InChI is InChI=1S/C14H18N2O2/c1-4-18-13(17)14(2,3)16-12-9-15-11-8-6-5-7-10(11)12/h5-9,15-16H,4H2,1-3H3. The van der Waals surface area contributed by atoms with E-state index in [2.05, 4.69) is 10.3 Å². The quantitative estimate of drug-likeness (QED) is 0.815. The molecule has 0 amide bonds. The highest BCUT2D eigenvalue weighted by Gasteiger charge is 2.29. The summed E-state index contributed by atoms with van der Waals surface area (Å²) in [5.74, 6) is -0.254. The molecule has 0 aliphatic rings. The van der Waals surface area contributed by atoms with Crippen molar-refractivity contribution in [3.05, 3.63) is 30.5 Å². The van der Waals surface area contributed by atoms with E-state index in [1.54, 1.807) is 6.92 Å². The molecule has 2 N–H and O–H groups in total. The summed E-state index contributed by atoms with van der Waals surface area (Å²) in [6.07, 6.45) is 1.87. The molecule has 0 radical (unpaired) electrons. The average Bonchev–Trinajstić information content (AvgIpc) is 2.73. The summed E-state index contributed by atoms with van der Waals surface area (Å²) in [6, 6.07) is 7.95. The molecular weight excluding hydrogens is 228 g/mol. The topological polar surface area (TPSA) is 54.1 Å². The van der Waals surface area contributed by atoms with E-state index in [0.717, 1.165) is 16.6 Å². The SMILES string of the molecule is CCOC(=O)C(C)(C)Nc1c[nH]c2ccccc12. The Morgan fingerprint density at radius 2 is 2.11 bits per heavy atom. The second kappa shape index (κ2) is 4.72. The molecule has 0 saturated heterocycles. The Balaban J connectivity index is 2.25. The number of carbonyl (C=O) groups excluding carboxylic acids is 1. The van der Waals surface area contributed by atoms with Crippen molar-refractivity contribution in [1.29, 1.82) is 0 Å². The minimum atomic E-state index is -0.749. The number of hydrogen-bond acceptors (Lipinski definition) is 3. The third-order valence-electron chi connectivity index (χ3n) is 2.82. The fraction of sp³-hybridized carbons (Fsp3) is 0.357. The first-order valence-electron chi connectivity index (χ1n) is 6.06. The number of esters is 1. The highest BCUT2D eigenvalue weighted by Crippen LogP contribution is 2.25. The molecule has 0 atom stereocenters. The summed E-state index contributed by atoms with van der Waals surface area (Å²) in [6.45, 7) is 5.82. The molecule has 1 aromatic heterocycles. The predicted molar refractivity (Wildman–Crippen MR) is 72.6 cm³/mol. The minimum absolute atomic E-state index is 0.254. The number of rotatable bonds is 4. The molecule has 4 nitrogen and oxygen atoms in total. The number of nitrogens with one attached hydrogen (secondary N) is 2. The van der Waals surface area contributed by atoms with Gasteiger partial charge in [0.1, 0.15) is 5.54 Å². The van der Waals surface area contributed by atoms with E-state index in [0.29, 0.717) is 6.61 Å². The lowest BCUT2D eigenvalue weighted by Crippen LogP contribution is -2.41. The molecule has 4 heteroatoms. The Kier molecular flexibility index (Phi) is 3.28. The molecular formula is C14H18N2O2. The number of fused-ring (bicyclic) bond motifs is 1. The number of H-pyrrole nitrogens is 1. The normalized spacial score (nSPS) is 11.5. The van der Waals surface area contributed by atoms with Gasteiger partial charge in [-0.2, -0.15) is 0 Å². The molecule has 18 heavy (non-hydrogen) atoms. The van der Waals surface area contributed by atoms with Crippen LogP contribution in [-0.2, 0) is 9.53 Å². The minimum Gasteiger partial charge on any atom is -0.464 e. The van der Waals surface area contributed by atoms with E-state index < -0.39 is 5.54 Å². The summed E-state index contributed by atoms with van der Waals surface area (Å²) >= 11 is 0. The molecule has 0 saturated carbocycles. The summed E-state index contributed by atoms with van der Waals surface area (Å²) in [5, 5.41) is 4.28. The van der Waals surface area contributed by atoms with Crippen LogP contribution in [0.25, 0.3) is 10.9 Å². The van der Waals surface area contributed by atoms with Crippen molar-refractivity contribution in [3.8, 4) is 0 Å². The number of carbonyl (C=O) groups is 1. The molecule has 2 rings (SSSR count). The highest BCUT2D eigenvalue weighted by atomic mass is 16.5. The van der Waals surface area contributed by atoms with Crippen LogP contribution in [0.15, 0.2) is 30.5 Å². The van der Waals surface area contributed by atoms with Gasteiger partial charge >= 0.3 is 5.97 Å². The van der Waals surface area contributed by atoms with Crippen LogP contribution in [0, 0.1) is 0 Å². The predicted octanol–water partition coefficient (Wildman–Crippen LogP) is 2.92. The molecule has 0 bridgehead atoms. The number of aromatic amines is 1. The Hall–Kier alpha value is -1.97. The molecule has 96 valence electrons. The zero-order chi connectivity index (χ0) is 13.2. The van der Waals surface area contributed by atoms with Gasteiger partial charge in [-0.15, -0.1) is 0 Å². The fourth-order valence-corrected chi connectivity index (χ4v) is 1.87. The number of benzene rings is 1. The van der Waals surface area contributed by atoms with Crippen molar-refractivity contribution in [1.82, 2.24) is 4.98 Å². The van der Waals surface area contributed by atoms with Crippen LogP contribution in [0.5, 0.6) is 0 Å². The van der Waals surface area contributed by atoms with Crippen LogP contribution in [0.3, 0.4) is 0 Å². The van der Waals surface area contributed by atoms with Crippen molar-refractivity contribution >= 4 is 22.6 Å². The number of ether oxygens (including phenoxy) is 1. The molecule has 0 unspecified atom stereocenters. The second-order valence-electron chi connectivity index (χ2n) is 4.72. The van der Waals surface area contributed by atoms with Crippen molar-refractivity contribution in [2.24, 2.45) is 0 Å². The summed E-state index contributed by atoms with van der Waals surface area (Å²) < 4.78 is 5.06. The lowest BCUT2D eigenvalue weighted by atomic mass is 10.1. The van der Waals surface area contributed by atoms with Crippen LogP contribution in [0.2, 0.25) is 0 Å². The Morgan fingerprint density at radius 1 is 1.39 bits per heavy atom. The van der Waals surface area contributed by atoms with E-state index in [9.17, 15) is 4.79 Å². The molecule has 2 aromatic rings. The molecule has 1 heterocycles. The molecule has 0 aliphatic carbocycles. The second-order valence-corrected chi connectivity index (χ2v) is 4.72. The fourth-order valence-electron chi connectivity index (χ4n) is 1.87. The largest absolute Gasteiger partial charge is 0.464 e. The van der Waals surface area contributed by atoms with Crippen molar-refractivity contribution in [3.63, 3.8) is 0 Å². The Morgan fingerprint density at radius 3 is 2.83 bits per heavy atom. The zero-order valence-electron chi connectivity index (χ0n) is 10.9. The van der Waals surface area contributed by atoms with Crippen LogP contribution >= 0.6 is 0 Å². The van der Waals surface area contributed by atoms with E-state index >= 15 is 0 Å². The van der Waals surface area contributed by atoms with Crippen LogP contribution < -0.4 is 5.32 Å². The number of anilines is 1. The Labute approximate surface area is 106 Å². The van der Waals surface area contributed by atoms with E-state index in [1.165, 1.54) is 0 Å². The smallest absolute Gasteiger partial charge is 0.331 e. The first-order valence-corrected chi connectivity index (χ1v) is 6.06. The number of para-hydroxylation sites is 1. The van der Waals surface area contributed by atoms with Gasteiger partial charge in [0.2, 0.25) is 0 Å². The molecule has 0 fully saturated rings. The van der Waals surface area contributed by atoms with Crippen LogP contribution in [0.1, 0.15) is 20.8 Å². The first kappa shape index (κ1) is 12.5. The zero-order valence-corrected chi connectivity index (χ0v) is 10.9. The maximum absolute atomic E-state index is 11.8. The van der Waals surface area contributed by atoms with Crippen molar-refractivity contribution in [2.45, 2.75) is 26.3 Å². The van der Waals surface area contributed by atoms with E-state index in [1.807, 2.05) is 44.3 Å². The van der Waals surface area contributed by atoms with Gasteiger partial charge in [0.15, 0.2) is 0 Å². The highest BCUT2D eigenvalue weighted by molar-refractivity contribution is 5.95. The van der Waals surface area contributed by atoms with Gasteiger partial charge in [-0.05, 0) is 26.8 Å². The summed E-state index contributed by atoms with van der Waals surface area (Å²) in [7, 11) is 0. The van der Waals surface area contributed by atoms with Gasteiger partial charge < -0.3 is 15.0 Å². The van der Waals surface area contributed by atoms with Gasteiger partial charge in [-0.25, -0.2) is 4.79 Å². The van der Waals surface area contributed by atoms with Gasteiger partial charge in [0.25, 0.3) is 0 Å². The maximum Gasteiger partial charge on any atom is 0.331 e. The van der Waals surface area contributed by atoms with E-state index in [4.69, 9.17) is 4.74 Å². The maximum atomic E-state index is 11.8. The average molecular weight is 246 g/mol. The first-order chi connectivity index (χ1) is 8.54. The van der Waals surface area contributed by atoms with Crippen LogP contribution in [-0.4, -0.2) is 23.1 Å². The lowest BCUT2D eigenvalue weighted by molar-refractivity contribution is -0.147.